The van der Waals surface area contributed by atoms with Crippen LogP contribution in [0.15, 0.2) is 36.0 Å². The zero-order chi connectivity index (χ0) is 16.9. The molecule has 2 amide bonds. The van der Waals surface area contributed by atoms with Gasteiger partial charge in [-0.05, 0) is 31.7 Å². The molecule has 0 atom stereocenters. The second-order valence-electron chi connectivity index (χ2n) is 6.10. The fraction of sp³-hybridized carbons (Fsp3) is 0.474. The minimum absolute atomic E-state index is 0.155. The summed E-state index contributed by atoms with van der Waals surface area (Å²) in [5, 5.41) is 0. The van der Waals surface area contributed by atoms with Gasteiger partial charge in [-0.2, -0.15) is 0 Å². The van der Waals surface area contributed by atoms with E-state index in [1.807, 2.05) is 37.3 Å². The van der Waals surface area contributed by atoms with Gasteiger partial charge in [0.1, 0.15) is 5.70 Å². The Balaban J connectivity index is 1.87. The van der Waals surface area contributed by atoms with E-state index in [4.69, 9.17) is 4.74 Å². The van der Waals surface area contributed by atoms with Crippen molar-refractivity contribution < 1.29 is 14.3 Å². The van der Waals surface area contributed by atoms with Gasteiger partial charge in [-0.1, -0.05) is 30.3 Å². The van der Waals surface area contributed by atoms with Crippen LogP contribution in [0.5, 0.6) is 0 Å². The number of rotatable bonds is 7. The first kappa shape index (κ1) is 16.7. The van der Waals surface area contributed by atoms with Crippen LogP contribution in [0.4, 0.5) is 0 Å². The van der Waals surface area contributed by atoms with Crippen molar-refractivity contribution in [1.29, 1.82) is 0 Å². The summed E-state index contributed by atoms with van der Waals surface area (Å²) in [5.74, 6) is -0.332. The van der Waals surface area contributed by atoms with E-state index in [9.17, 15) is 9.59 Å². The number of nitrogens with zero attached hydrogens (tertiary/aromatic N) is 2. The Morgan fingerprint density at radius 1 is 1.04 bits per heavy atom. The van der Waals surface area contributed by atoms with Crippen LogP contribution in [0.3, 0.4) is 0 Å². The van der Waals surface area contributed by atoms with Crippen LogP contribution >= 0.6 is 0 Å². The van der Waals surface area contributed by atoms with Crippen molar-refractivity contribution in [2.24, 2.45) is 0 Å². The van der Waals surface area contributed by atoms with E-state index < -0.39 is 0 Å². The molecule has 5 nitrogen and oxygen atoms in total. The third kappa shape index (κ3) is 3.22. The third-order valence-corrected chi connectivity index (χ3v) is 4.50. The first-order valence-electron chi connectivity index (χ1n) is 8.72. The Bertz CT molecular complexity index is 633. The Morgan fingerprint density at radius 2 is 1.75 bits per heavy atom. The first-order chi connectivity index (χ1) is 11.7. The molecule has 5 heteroatoms. The van der Waals surface area contributed by atoms with Crippen molar-refractivity contribution in [2.75, 3.05) is 32.8 Å². The second-order valence-corrected chi connectivity index (χ2v) is 6.10. The SMILES string of the molecule is CCOCCCN1C(=O)C(c2ccccc2)=C(N2CCCC2)C1=O. The van der Waals surface area contributed by atoms with Gasteiger partial charge in [-0.25, -0.2) is 0 Å². The Labute approximate surface area is 142 Å². The highest BCUT2D eigenvalue weighted by molar-refractivity contribution is 6.35. The van der Waals surface area contributed by atoms with Crippen molar-refractivity contribution in [3.8, 4) is 0 Å². The molecule has 0 spiro atoms. The van der Waals surface area contributed by atoms with E-state index in [1.54, 1.807) is 0 Å². The number of benzene rings is 1. The van der Waals surface area contributed by atoms with Crippen LogP contribution in [-0.2, 0) is 14.3 Å². The zero-order valence-electron chi connectivity index (χ0n) is 14.2. The van der Waals surface area contributed by atoms with Crippen molar-refractivity contribution in [3.63, 3.8) is 0 Å². The molecule has 1 aromatic carbocycles. The molecule has 2 aliphatic rings. The Hall–Kier alpha value is -2.14. The molecule has 0 saturated carbocycles. The molecule has 2 aliphatic heterocycles. The maximum atomic E-state index is 12.9. The molecule has 128 valence electrons. The summed E-state index contributed by atoms with van der Waals surface area (Å²) in [6, 6.07) is 9.53. The van der Waals surface area contributed by atoms with Crippen LogP contribution < -0.4 is 0 Å². The molecule has 0 aromatic heterocycles. The standard InChI is InChI=1S/C19H24N2O3/c1-2-24-14-8-13-21-18(22)16(15-9-4-3-5-10-15)17(19(21)23)20-11-6-7-12-20/h3-5,9-10H,2,6-8,11-14H2,1H3. The predicted molar refractivity (Wildman–Crippen MR) is 92.0 cm³/mol. The molecule has 0 bridgehead atoms. The minimum atomic E-state index is -0.176. The molecular weight excluding hydrogens is 304 g/mol. The van der Waals surface area contributed by atoms with Crippen LogP contribution in [0.25, 0.3) is 5.57 Å². The van der Waals surface area contributed by atoms with Gasteiger partial charge < -0.3 is 9.64 Å². The molecule has 0 radical (unpaired) electrons. The van der Waals surface area contributed by atoms with Gasteiger partial charge in [-0.3, -0.25) is 14.5 Å². The monoisotopic (exact) mass is 328 g/mol. The summed E-state index contributed by atoms with van der Waals surface area (Å²) in [5.41, 5.74) is 1.96. The molecule has 0 unspecified atom stereocenters. The lowest BCUT2D eigenvalue weighted by atomic mass is 10.0. The van der Waals surface area contributed by atoms with Gasteiger partial charge in [0.25, 0.3) is 11.8 Å². The number of carbonyl (C=O) groups is 2. The Morgan fingerprint density at radius 3 is 2.42 bits per heavy atom. The highest BCUT2D eigenvalue weighted by atomic mass is 16.5. The summed E-state index contributed by atoms with van der Waals surface area (Å²) in [4.78, 5) is 29.3. The average molecular weight is 328 g/mol. The molecule has 1 saturated heterocycles. The molecule has 1 aromatic rings. The van der Waals surface area contributed by atoms with Crippen LogP contribution in [0.1, 0.15) is 31.7 Å². The summed E-state index contributed by atoms with van der Waals surface area (Å²) < 4.78 is 5.33. The lowest BCUT2D eigenvalue weighted by molar-refractivity contribution is -0.137. The van der Waals surface area contributed by atoms with E-state index >= 15 is 0 Å². The van der Waals surface area contributed by atoms with E-state index in [0.717, 1.165) is 31.5 Å². The number of imide groups is 1. The van der Waals surface area contributed by atoms with Gasteiger partial charge in [0.15, 0.2) is 0 Å². The lowest BCUT2D eigenvalue weighted by Gasteiger charge is -2.20. The van der Waals surface area contributed by atoms with Gasteiger partial charge >= 0.3 is 0 Å². The molecular formula is C19H24N2O3. The summed E-state index contributed by atoms with van der Waals surface area (Å²) in [7, 11) is 0. The quantitative estimate of drug-likeness (QED) is 0.569. The van der Waals surface area contributed by atoms with Gasteiger partial charge in [0, 0.05) is 32.8 Å². The smallest absolute Gasteiger partial charge is 0.277 e. The molecule has 3 rings (SSSR count). The van der Waals surface area contributed by atoms with E-state index in [-0.39, 0.29) is 11.8 Å². The minimum Gasteiger partial charge on any atom is -0.382 e. The second kappa shape index (κ2) is 7.62. The fourth-order valence-electron chi connectivity index (χ4n) is 3.33. The largest absolute Gasteiger partial charge is 0.382 e. The normalized spacial score (nSPS) is 18.2. The lowest BCUT2D eigenvalue weighted by Crippen LogP contribution is -2.35. The summed E-state index contributed by atoms with van der Waals surface area (Å²) in [6.07, 6.45) is 2.80. The number of likely N-dealkylation sites (tertiary alicyclic amines) is 1. The van der Waals surface area contributed by atoms with Crippen molar-refractivity contribution >= 4 is 17.4 Å². The molecule has 2 heterocycles. The van der Waals surface area contributed by atoms with Gasteiger partial charge in [-0.15, -0.1) is 0 Å². The number of amides is 2. The zero-order valence-corrected chi connectivity index (χ0v) is 14.2. The molecule has 24 heavy (non-hydrogen) atoms. The predicted octanol–water partition coefficient (Wildman–Crippen LogP) is 2.29. The number of ether oxygens (including phenoxy) is 1. The number of hydrogen-bond donors (Lipinski definition) is 0. The van der Waals surface area contributed by atoms with Gasteiger partial charge in [0.2, 0.25) is 0 Å². The van der Waals surface area contributed by atoms with Crippen LogP contribution in [0.2, 0.25) is 0 Å². The van der Waals surface area contributed by atoms with Crippen LogP contribution in [-0.4, -0.2) is 54.5 Å². The molecule has 1 fully saturated rings. The van der Waals surface area contributed by atoms with Crippen molar-refractivity contribution in [1.82, 2.24) is 9.80 Å². The van der Waals surface area contributed by atoms with Crippen LogP contribution in [0, 0.1) is 0 Å². The third-order valence-electron chi connectivity index (χ3n) is 4.50. The summed E-state index contributed by atoms with van der Waals surface area (Å²) >= 11 is 0. The highest BCUT2D eigenvalue weighted by Gasteiger charge is 2.41. The van der Waals surface area contributed by atoms with Crippen molar-refractivity contribution in [3.05, 3.63) is 41.6 Å². The number of hydrogen-bond acceptors (Lipinski definition) is 4. The average Bonchev–Trinajstić information content (AvgIpc) is 3.20. The van der Waals surface area contributed by atoms with Crippen molar-refractivity contribution in [2.45, 2.75) is 26.2 Å². The van der Waals surface area contributed by atoms with Gasteiger partial charge in [0.05, 0.1) is 5.57 Å². The number of carbonyl (C=O) groups excluding carboxylic acids is 2. The Kier molecular flexibility index (Phi) is 5.30. The maximum Gasteiger partial charge on any atom is 0.277 e. The van der Waals surface area contributed by atoms with E-state index in [1.165, 1.54) is 4.90 Å². The highest BCUT2D eigenvalue weighted by Crippen LogP contribution is 2.33. The summed E-state index contributed by atoms with van der Waals surface area (Å²) in [6.45, 7) is 5.24. The maximum absolute atomic E-state index is 12.9. The van der Waals surface area contributed by atoms with E-state index in [2.05, 4.69) is 4.90 Å². The fourth-order valence-corrected chi connectivity index (χ4v) is 3.33. The molecule has 0 aliphatic carbocycles. The molecule has 0 N–H and O–H groups in total. The van der Waals surface area contributed by atoms with E-state index in [0.29, 0.717) is 37.4 Å². The topological polar surface area (TPSA) is 49.9 Å². The first-order valence-corrected chi connectivity index (χ1v) is 8.72.